The molecule has 0 radical (unpaired) electrons. The third-order valence-electron chi connectivity index (χ3n) is 3.33. The Hall–Kier alpha value is -0.590. The summed E-state index contributed by atoms with van der Waals surface area (Å²) in [5, 5.41) is 2.93. The molecule has 1 aromatic rings. The zero-order valence-corrected chi connectivity index (χ0v) is 13.8. The van der Waals surface area contributed by atoms with Gasteiger partial charge in [-0.3, -0.25) is 4.79 Å². The zero-order valence-electron chi connectivity index (χ0n) is 11.4. The van der Waals surface area contributed by atoms with E-state index in [1.807, 2.05) is 20.8 Å². The number of halogens is 1. The highest BCUT2D eigenvalue weighted by atomic mass is 35.7. The number of nitrogens with one attached hydrogen (secondary N) is 1. The van der Waals surface area contributed by atoms with Crippen LogP contribution in [-0.2, 0) is 9.05 Å². The Morgan fingerprint density at radius 2 is 1.95 bits per heavy atom. The van der Waals surface area contributed by atoms with Gasteiger partial charge in [0, 0.05) is 21.1 Å². The molecule has 108 valence electrons. The molecule has 1 amide bonds. The van der Waals surface area contributed by atoms with Crippen molar-refractivity contribution in [3.63, 3.8) is 0 Å². The molecule has 7 heteroatoms. The fourth-order valence-corrected chi connectivity index (χ4v) is 4.14. The van der Waals surface area contributed by atoms with Gasteiger partial charge >= 0.3 is 0 Å². The second-order valence-corrected chi connectivity index (χ2v) is 8.48. The topological polar surface area (TPSA) is 63.2 Å². The standard InChI is InChI=1S/C12H18ClNO3S2/c1-5-12(4,6-2)14-11(15)9-7-10(8(3)18-9)19(13,16)17/h7H,5-6H2,1-4H3,(H,14,15). The van der Waals surface area contributed by atoms with Gasteiger partial charge in [-0.05, 0) is 32.8 Å². The van der Waals surface area contributed by atoms with Crippen molar-refractivity contribution in [3.05, 3.63) is 15.8 Å². The monoisotopic (exact) mass is 323 g/mol. The van der Waals surface area contributed by atoms with Crippen LogP contribution in [-0.4, -0.2) is 19.9 Å². The van der Waals surface area contributed by atoms with Crippen LogP contribution in [0.2, 0.25) is 0 Å². The first-order valence-electron chi connectivity index (χ1n) is 6.00. The van der Waals surface area contributed by atoms with Gasteiger partial charge in [-0.15, -0.1) is 11.3 Å². The molecule has 0 aliphatic carbocycles. The van der Waals surface area contributed by atoms with Gasteiger partial charge in [0.2, 0.25) is 0 Å². The maximum Gasteiger partial charge on any atom is 0.262 e. The smallest absolute Gasteiger partial charge is 0.262 e. The lowest BCUT2D eigenvalue weighted by Gasteiger charge is -2.27. The van der Waals surface area contributed by atoms with Crippen LogP contribution in [0, 0.1) is 6.92 Å². The maximum atomic E-state index is 12.1. The molecule has 0 spiro atoms. The quantitative estimate of drug-likeness (QED) is 0.846. The van der Waals surface area contributed by atoms with E-state index in [9.17, 15) is 13.2 Å². The predicted molar refractivity (Wildman–Crippen MR) is 78.5 cm³/mol. The highest BCUT2D eigenvalue weighted by Gasteiger charge is 2.25. The summed E-state index contributed by atoms with van der Waals surface area (Å²) in [6.07, 6.45) is 1.61. The fraction of sp³-hybridized carbons (Fsp3) is 0.583. The molecule has 1 N–H and O–H groups in total. The Kier molecular flexibility index (Phi) is 5.03. The summed E-state index contributed by atoms with van der Waals surface area (Å²) < 4.78 is 22.7. The molecule has 1 heterocycles. The van der Waals surface area contributed by atoms with E-state index in [0.29, 0.717) is 9.75 Å². The molecule has 4 nitrogen and oxygen atoms in total. The van der Waals surface area contributed by atoms with Crippen LogP contribution in [0.5, 0.6) is 0 Å². The summed E-state index contributed by atoms with van der Waals surface area (Å²) in [5.41, 5.74) is -0.283. The molecule has 0 aliphatic rings. The van der Waals surface area contributed by atoms with E-state index in [4.69, 9.17) is 10.7 Å². The minimum Gasteiger partial charge on any atom is -0.346 e. The van der Waals surface area contributed by atoms with Crippen molar-refractivity contribution < 1.29 is 13.2 Å². The molecule has 0 unspecified atom stereocenters. The van der Waals surface area contributed by atoms with Gasteiger partial charge in [-0.2, -0.15) is 0 Å². The summed E-state index contributed by atoms with van der Waals surface area (Å²) in [7, 11) is 1.52. The van der Waals surface area contributed by atoms with Crippen LogP contribution in [0.4, 0.5) is 0 Å². The highest BCUT2D eigenvalue weighted by Crippen LogP contribution is 2.28. The lowest BCUT2D eigenvalue weighted by molar-refractivity contribution is 0.0905. The third kappa shape index (κ3) is 3.94. The molecule has 0 saturated carbocycles. The molecular formula is C12H18ClNO3S2. The first-order chi connectivity index (χ1) is 8.63. The van der Waals surface area contributed by atoms with Gasteiger partial charge in [0.15, 0.2) is 0 Å². The lowest BCUT2D eigenvalue weighted by Crippen LogP contribution is -2.44. The summed E-state index contributed by atoms with van der Waals surface area (Å²) >= 11 is 1.14. The minimum absolute atomic E-state index is 0.0130. The number of carbonyl (C=O) groups excluding carboxylic acids is 1. The highest BCUT2D eigenvalue weighted by molar-refractivity contribution is 8.13. The minimum atomic E-state index is -3.80. The predicted octanol–water partition coefficient (Wildman–Crippen LogP) is 3.29. The SMILES string of the molecule is CCC(C)(CC)NC(=O)c1cc(S(=O)(=O)Cl)c(C)s1. The lowest BCUT2D eigenvalue weighted by atomic mass is 9.95. The zero-order chi connectivity index (χ0) is 14.8. The van der Waals surface area contributed by atoms with Crippen molar-refractivity contribution in [1.82, 2.24) is 5.32 Å². The Morgan fingerprint density at radius 1 is 1.42 bits per heavy atom. The van der Waals surface area contributed by atoms with E-state index in [0.717, 1.165) is 24.2 Å². The summed E-state index contributed by atoms with van der Waals surface area (Å²) in [4.78, 5) is 13.0. The average molecular weight is 324 g/mol. The number of thiophene rings is 1. The molecule has 0 bridgehead atoms. The van der Waals surface area contributed by atoms with Gasteiger partial charge in [-0.1, -0.05) is 13.8 Å². The second-order valence-electron chi connectivity index (χ2n) is 4.69. The van der Waals surface area contributed by atoms with E-state index in [1.165, 1.54) is 6.07 Å². The second kappa shape index (κ2) is 5.81. The van der Waals surface area contributed by atoms with Crippen LogP contribution < -0.4 is 5.32 Å². The molecule has 0 aromatic carbocycles. The van der Waals surface area contributed by atoms with Crippen LogP contribution in [0.3, 0.4) is 0 Å². The summed E-state index contributed by atoms with van der Waals surface area (Å²) in [6.45, 7) is 7.59. The number of hydrogen-bond donors (Lipinski definition) is 1. The molecular weight excluding hydrogens is 306 g/mol. The fourth-order valence-electron chi connectivity index (χ4n) is 1.58. The molecule has 0 fully saturated rings. The molecule has 1 aromatic heterocycles. The van der Waals surface area contributed by atoms with Gasteiger partial charge in [-0.25, -0.2) is 8.42 Å². The van der Waals surface area contributed by atoms with E-state index < -0.39 is 9.05 Å². The Balaban J connectivity index is 3.03. The maximum absolute atomic E-state index is 12.1. The van der Waals surface area contributed by atoms with Crippen molar-refractivity contribution in [2.75, 3.05) is 0 Å². The van der Waals surface area contributed by atoms with Crippen LogP contribution in [0.1, 0.15) is 48.2 Å². The number of carbonyl (C=O) groups is 1. The Bertz CT molecular complexity index is 574. The molecule has 0 aliphatic heterocycles. The van der Waals surface area contributed by atoms with Crippen molar-refractivity contribution >= 4 is 37.0 Å². The van der Waals surface area contributed by atoms with E-state index in [1.54, 1.807) is 6.92 Å². The third-order valence-corrected chi connectivity index (χ3v) is 5.96. The number of rotatable bonds is 5. The van der Waals surface area contributed by atoms with Crippen molar-refractivity contribution in [3.8, 4) is 0 Å². The van der Waals surface area contributed by atoms with Gasteiger partial charge in [0.1, 0.15) is 0 Å². The van der Waals surface area contributed by atoms with Gasteiger partial charge < -0.3 is 5.32 Å². The van der Waals surface area contributed by atoms with Crippen LogP contribution in [0.15, 0.2) is 11.0 Å². The molecule has 1 rings (SSSR count). The summed E-state index contributed by atoms with van der Waals surface area (Å²) in [5.74, 6) is -0.258. The molecule has 19 heavy (non-hydrogen) atoms. The van der Waals surface area contributed by atoms with Crippen molar-refractivity contribution in [1.29, 1.82) is 0 Å². The normalized spacial score (nSPS) is 12.5. The first kappa shape index (κ1) is 16.5. The molecule has 0 atom stereocenters. The Morgan fingerprint density at radius 3 is 2.32 bits per heavy atom. The van der Waals surface area contributed by atoms with Gasteiger partial charge in [0.25, 0.3) is 15.0 Å². The average Bonchev–Trinajstić information content (AvgIpc) is 2.71. The van der Waals surface area contributed by atoms with Crippen molar-refractivity contribution in [2.24, 2.45) is 0 Å². The number of amides is 1. The van der Waals surface area contributed by atoms with Gasteiger partial charge in [0.05, 0.1) is 9.77 Å². The Labute approximate surface area is 122 Å². The summed E-state index contributed by atoms with van der Waals surface area (Å²) in [6, 6.07) is 1.34. The van der Waals surface area contributed by atoms with Crippen LogP contribution >= 0.6 is 22.0 Å². The first-order valence-corrected chi connectivity index (χ1v) is 9.13. The van der Waals surface area contributed by atoms with E-state index in [-0.39, 0.29) is 16.3 Å². The number of hydrogen-bond acceptors (Lipinski definition) is 4. The number of aryl methyl sites for hydroxylation is 1. The van der Waals surface area contributed by atoms with E-state index >= 15 is 0 Å². The largest absolute Gasteiger partial charge is 0.346 e. The van der Waals surface area contributed by atoms with E-state index in [2.05, 4.69) is 5.32 Å². The molecule has 0 saturated heterocycles. The van der Waals surface area contributed by atoms with Crippen LogP contribution in [0.25, 0.3) is 0 Å². The van der Waals surface area contributed by atoms with Crippen molar-refractivity contribution in [2.45, 2.75) is 51.0 Å².